The summed E-state index contributed by atoms with van der Waals surface area (Å²) in [4.78, 5) is 11.6. The molecule has 170 valence electrons. The van der Waals surface area contributed by atoms with E-state index in [2.05, 4.69) is 57.2 Å². The Morgan fingerprint density at radius 2 is 1.76 bits per heavy atom. The molecule has 1 saturated carbocycles. The van der Waals surface area contributed by atoms with Crippen LogP contribution in [0.25, 0.3) is 27.5 Å². The molecule has 2 aromatic heterocycles. The summed E-state index contributed by atoms with van der Waals surface area (Å²) in [6.07, 6.45) is 7.25. The van der Waals surface area contributed by atoms with Gasteiger partial charge in [-0.3, -0.25) is 9.89 Å². The minimum absolute atomic E-state index is 0.213. The van der Waals surface area contributed by atoms with Crippen molar-refractivity contribution in [1.29, 1.82) is 0 Å². The van der Waals surface area contributed by atoms with Crippen molar-refractivity contribution in [3.05, 3.63) is 59.9 Å². The molecule has 2 aliphatic rings. The number of nitrogens with one attached hydrogen (secondary N) is 1. The zero-order valence-electron chi connectivity index (χ0n) is 18.7. The number of aliphatic carboxylic acids is 1. The number of carbonyl (C=O) groups is 1. The van der Waals surface area contributed by atoms with Gasteiger partial charge in [-0.25, -0.2) is 0 Å². The van der Waals surface area contributed by atoms with E-state index in [9.17, 15) is 9.90 Å². The Morgan fingerprint density at radius 1 is 1.00 bits per heavy atom. The fourth-order valence-corrected chi connectivity index (χ4v) is 6.06. The molecule has 2 N–H and O–H groups in total. The van der Waals surface area contributed by atoms with Crippen LogP contribution in [-0.4, -0.2) is 39.1 Å². The average Bonchev–Trinajstić information content (AvgIpc) is 3.45. The number of nitrogens with zero attached hydrogens (tertiary/aromatic N) is 2. The third-order valence-corrected chi connectivity index (χ3v) is 7.71. The number of hydrogen-bond acceptors (Lipinski definition) is 3. The van der Waals surface area contributed by atoms with E-state index in [1.165, 1.54) is 27.8 Å². The Bertz CT molecular complexity index is 1290. The van der Waals surface area contributed by atoms with E-state index < -0.39 is 5.97 Å². The van der Waals surface area contributed by atoms with E-state index in [4.69, 9.17) is 4.74 Å². The molecule has 2 fully saturated rings. The quantitative estimate of drug-likeness (QED) is 0.420. The summed E-state index contributed by atoms with van der Waals surface area (Å²) in [6.45, 7) is 1.58. The van der Waals surface area contributed by atoms with E-state index >= 15 is 0 Å². The third-order valence-electron chi connectivity index (χ3n) is 7.71. The van der Waals surface area contributed by atoms with Crippen molar-refractivity contribution in [3.8, 4) is 5.69 Å². The number of aromatic amines is 1. The van der Waals surface area contributed by atoms with Gasteiger partial charge in [0.1, 0.15) is 0 Å². The van der Waals surface area contributed by atoms with Crippen LogP contribution in [0.3, 0.4) is 0 Å². The summed E-state index contributed by atoms with van der Waals surface area (Å²) >= 11 is 0. The molecular formula is C27H29N3O3. The fraction of sp³-hybridized carbons (Fsp3) is 0.407. The predicted molar refractivity (Wildman–Crippen MR) is 128 cm³/mol. The first-order valence-electron chi connectivity index (χ1n) is 12.1. The Kier molecular flexibility index (Phi) is 5.18. The number of carboxylic acids is 1. The number of benzene rings is 2. The number of rotatable bonds is 4. The Hall–Kier alpha value is -3.12. The first-order chi connectivity index (χ1) is 16.2. The lowest BCUT2D eigenvalue weighted by Crippen LogP contribution is -2.23. The van der Waals surface area contributed by atoms with Gasteiger partial charge >= 0.3 is 5.97 Å². The molecule has 33 heavy (non-hydrogen) atoms. The standard InChI is InChI=1S/C27H29N3O3/c31-27(32)19-8-6-17(7-9-19)25-22-15-23-20(16-28-29-23)14-24(22)30(21-4-2-1-3-5-21)26(25)18-10-12-33-13-11-18/h1-5,14-19H,6-13H2,(H,28,29)(H,31,32). The van der Waals surface area contributed by atoms with Gasteiger partial charge in [0, 0.05) is 41.3 Å². The number of carboxylic acid groups (broad SMARTS) is 1. The molecule has 1 aliphatic carbocycles. The maximum absolute atomic E-state index is 11.6. The maximum Gasteiger partial charge on any atom is 0.306 e. The van der Waals surface area contributed by atoms with Gasteiger partial charge in [-0.15, -0.1) is 0 Å². The van der Waals surface area contributed by atoms with Crippen LogP contribution < -0.4 is 0 Å². The summed E-state index contributed by atoms with van der Waals surface area (Å²) in [6, 6.07) is 15.2. The number of H-pyrrole nitrogens is 1. The van der Waals surface area contributed by atoms with E-state index in [0.717, 1.165) is 62.6 Å². The first kappa shape index (κ1) is 20.5. The van der Waals surface area contributed by atoms with Crippen molar-refractivity contribution >= 4 is 27.8 Å². The molecule has 2 aromatic carbocycles. The molecule has 0 bridgehead atoms. The van der Waals surface area contributed by atoms with Gasteiger partial charge in [-0.2, -0.15) is 5.10 Å². The Labute approximate surface area is 192 Å². The van der Waals surface area contributed by atoms with Gasteiger partial charge in [0.05, 0.1) is 23.1 Å². The van der Waals surface area contributed by atoms with Crippen LogP contribution in [-0.2, 0) is 9.53 Å². The van der Waals surface area contributed by atoms with Gasteiger partial charge in [0.15, 0.2) is 0 Å². The molecule has 6 heteroatoms. The largest absolute Gasteiger partial charge is 0.481 e. The molecule has 0 radical (unpaired) electrons. The van der Waals surface area contributed by atoms with E-state index in [1.54, 1.807) is 0 Å². The average molecular weight is 444 g/mol. The van der Waals surface area contributed by atoms with Crippen LogP contribution in [0.2, 0.25) is 0 Å². The molecular weight excluding hydrogens is 414 g/mol. The van der Waals surface area contributed by atoms with Crippen molar-refractivity contribution in [1.82, 2.24) is 14.8 Å². The van der Waals surface area contributed by atoms with Gasteiger partial charge in [0.25, 0.3) is 0 Å². The second-order valence-corrected chi connectivity index (χ2v) is 9.57. The van der Waals surface area contributed by atoms with E-state index in [-0.39, 0.29) is 5.92 Å². The smallest absolute Gasteiger partial charge is 0.306 e. The van der Waals surface area contributed by atoms with Crippen LogP contribution in [0.4, 0.5) is 0 Å². The highest BCUT2D eigenvalue weighted by molar-refractivity contribution is 5.99. The molecule has 0 atom stereocenters. The second kappa shape index (κ2) is 8.34. The summed E-state index contributed by atoms with van der Waals surface area (Å²) in [5.41, 5.74) is 6.26. The number of hydrogen-bond donors (Lipinski definition) is 2. The zero-order valence-corrected chi connectivity index (χ0v) is 18.7. The van der Waals surface area contributed by atoms with Crippen molar-refractivity contribution in [2.24, 2.45) is 5.92 Å². The molecule has 1 aliphatic heterocycles. The van der Waals surface area contributed by atoms with Gasteiger partial charge in [-0.05, 0) is 74.3 Å². The zero-order chi connectivity index (χ0) is 22.4. The summed E-state index contributed by atoms with van der Waals surface area (Å²) in [5.74, 6) is -0.0696. The fourth-order valence-electron chi connectivity index (χ4n) is 6.06. The molecule has 0 unspecified atom stereocenters. The molecule has 4 aromatic rings. The van der Waals surface area contributed by atoms with Crippen LogP contribution in [0.5, 0.6) is 0 Å². The highest BCUT2D eigenvalue weighted by Gasteiger charge is 2.34. The second-order valence-electron chi connectivity index (χ2n) is 9.57. The highest BCUT2D eigenvalue weighted by atomic mass is 16.5. The van der Waals surface area contributed by atoms with Crippen molar-refractivity contribution in [3.63, 3.8) is 0 Å². The van der Waals surface area contributed by atoms with E-state index in [0.29, 0.717) is 11.8 Å². The normalized spacial score (nSPS) is 22.2. The highest BCUT2D eigenvalue weighted by Crippen LogP contribution is 2.47. The third kappa shape index (κ3) is 3.53. The lowest BCUT2D eigenvalue weighted by atomic mass is 9.76. The molecule has 1 saturated heterocycles. The van der Waals surface area contributed by atoms with Crippen LogP contribution in [0.1, 0.15) is 61.6 Å². The van der Waals surface area contributed by atoms with E-state index in [1.807, 2.05) is 6.20 Å². The minimum atomic E-state index is -0.649. The van der Waals surface area contributed by atoms with Crippen molar-refractivity contribution in [2.75, 3.05) is 13.2 Å². The molecule has 0 spiro atoms. The SMILES string of the molecule is O=C(O)C1CCC(c2c(C3CCOCC3)n(-c3ccccc3)c3cc4cn[nH]c4cc23)CC1. The topological polar surface area (TPSA) is 80.1 Å². The lowest BCUT2D eigenvalue weighted by molar-refractivity contribution is -0.142. The Balaban J connectivity index is 1.60. The van der Waals surface area contributed by atoms with Gasteiger partial charge in [-0.1, -0.05) is 18.2 Å². The molecule has 6 rings (SSSR count). The van der Waals surface area contributed by atoms with Crippen LogP contribution >= 0.6 is 0 Å². The molecule has 6 nitrogen and oxygen atoms in total. The summed E-state index contributed by atoms with van der Waals surface area (Å²) in [5, 5.41) is 19.4. The predicted octanol–water partition coefficient (Wildman–Crippen LogP) is 5.76. The summed E-state index contributed by atoms with van der Waals surface area (Å²) in [7, 11) is 0. The Morgan fingerprint density at radius 3 is 2.48 bits per heavy atom. The summed E-state index contributed by atoms with van der Waals surface area (Å²) < 4.78 is 8.20. The maximum atomic E-state index is 11.6. The number of fused-ring (bicyclic) bond motifs is 2. The lowest BCUT2D eigenvalue weighted by Gasteiger charge is -2.30. The van der Waals surface area contributed by atoms with Gasteiger partial charge < -0.3 is 14.4 Å². The van der Waals surface area contributed by atoms with Crippen LogP contribution in [0, 0.1) is 5.92 Å². The molecule has 0 amide bonds. The minimum Gasteiger partial charge on any atom is -0.481 e. The van der Waals surface area contributed by atoms with Gasteiger partial charge in [0.2, 0.25) is 0 Å². The number of aromatic nitrogens is 3. The number of ether oxygens (including phenoxy) is 1. The van der Waals surface area contributed by atoms with Crippen molar-refractivity contribution < 1.29 is 14.6 Å². The first-order valence-corrected chi connectivity index (χ1v) is 12.1. The van der Waals surface area contributed by atoms with Crippen LogP contribution in [0.15, 0.2) is 48.7 Å². The number of para-hydroxylation sites is 1. The monoisotopic (exact) mass is 443 g/mol. The molecule has 3 heterocycles. The van der Waals surface area contributed by atoms with Crippen molar-refractivity contribution in [2.45, 2.75) is 50.4 Å².